The summed E-state index contributed by atoms with van der Waals surface area (Å²) in [5.74, 6) is 0. The van der Waals surface area contributed by atoms with Crippen molar-refractivity contribution in [2.24, 2.45) is 0 Å². The van der Waals surface area contributed by atoms with Crippen LogP contribution in [0.3, 0.4) is 0 Å². The second-order valence-electron chi connectivity index (χ2n) is 0. The van der Waals surface area contributed by atoms with Crippen molar-refractivity contribution in [3.05, 3.63) is 20.8 Å². The summed E-state index contributed by atoms with van der Waals surface area (Å²) >= 11 is 0. The molecule has 0 spiro atoms. The summed E-state index contributed by atoms with van der Waals surface area (Å²) in [6.45, 7) is 15.0. The minimum atomic E-state index is 0. The summed E-state index contributed by atoms with van der Waals surface area (Å²) in [5.41, 5.74) is 0. The maximum absolute atomic E-state index is 3.25. The van der Waals surface area contributed by atoms with Crippen LogP contribution in [0.4, 0.5) is 0 Å². The topological polar surface area (TPSA) is 0 Å². The van der Waals surface area contributed by atoms with E-state index in [1.807, 2.05) is 0 Å². The van der Waals surface area contributed by atoms with E-state index in [1.165, 1.54) is 0 Å². The number of hydrogen-bond acceptors (Lipinski definition) is 0. The van der Waals surface area contributed by atoms with Crippen LogP contribution in [-0.4, -0.2) is 17.4 Å². The monoisotopic (exact) mass is 331 g/mol. The Labute approximate surface area is 108 Å². The van der Waals surface area contributed by atoms with Crippen molar-refractivity contribution < 1.29 is 50.2 Å². The molecule has 0 nitrogen and oxygen atoms in total. The smallest absolute Gasteiger partial charge is 1.00 e. The zero-order valence-corrected chi connectivity index (χ0v) is 12.3. The van der Waals surface area contributed by atoms with Crippen LogP contribution in [0, 0.1) is 20.8 Å². The SMILES string of the molecule is [Al].[CH2-]C.[CH2-]C.[CH2-]C.[I-].[Zr+4]. The van der Waals surface area contributed by atoms with Gasteiger partial charge in [-0.1, -0.05) is 0 Å². The molecule has 3 heteroatoms. The largest absolute Gasteiger partial charge is 4.00 e. The van der Waals surface area contributed by atoms with Crippen molar-refractivity contribution in [3.63, 3.8) is 0 Å². The van der Waals surface area contributed by atoms with Crippen LogP contribution in [0.1, 0.15) is 20.8 Å². The van der Waals surface area contributed by atoms with Crippen LogP contribution in [-0.2, 0) is 26.2 Å². The van der Waals surface area contributed by atoms with Gasteiger partial charge in [0.25, 0.3) is 0 Å². The molecule has 0 saturated carbocycles. The van der Waals surface area contributed by atoms with Crippen molar-refractivity contribution in [3.8, 4) is 0 Å². The molecule has 3 radical (unpaired) electrons. The van der Waals surface area contributed by atoms with Gasteiger partial charge in [-0.05, 0) is 0 Å². The molecule has 0 aliphatic rings. The molecule has 53 valence electrons. The predicted octanol–water partition coefficient (Wildman–Crippen LogP) is -0.858. The van der Waals surface area contributed by atoms with Crippen LogP contribution in [0.15, 0.2) is 0 Å². The van der Waals surface area contributed by atoms with Crippen molar-refractivity contribution in [1.82, 2.24) is 0 Å². The van der Waals surface area contributed by atoms with E-state index in [2.05, 4.69) is 20.8 Å². The molecule has 0 N–H and O–H groups in total. The third kappa shape index (κ3) is 146. The zero-order valence-electron chi connectivity index (χ0n) is 6.58. The molecule has 0 saturated heterocycles. The van der Waals surface area contributed by atoms with Crippen molar-refractivity contribution >= 4 is 17.4 Å². The Kier molecular flexibility index (Phi) is 887. The summed E-state index contributed by atoms with van der Waals surface area (Å²) in [6, 6.07) is 0. The van der Waals surface area contributed by atoms with Gasteiger partial charge in [-0.2, -0.15) is 20.8 Å². The van der Waals surface area contributed by atoms with Crippen LogP contribution < -0.4 is 24.0 Å². The fraction of sp³-hybridized carbons (Fsp3) is 0.500. The minimum Gasteiger partial charge on any atom is -1.00 e. The molecule has 0 aliphatic heterocycles. The van der Waals surface area contributed by atoms with Crippen molar-refractivity contribution in [2.75, 3.05) is 0 Å². The molecule has 0 unspecified atom stereocenters. The predicted molar refractivity (Wildman–Crippen MR) is 38.8 cm³/mol. The van der Waals surface area contributed by atoms with E-state index in [0.717, 1.165) is 0 Å². The van der Waals surface area contributed by atoms with Crippen molar-refractivity contribution in [1.29, 1.82) is 0 Å². The Hall–Kier alpha value is 2.15. The van der Waals surface area contributed by atoms with E-state index in [4.69, 9.17) is 0 Å². The average Bonchev–Trinajstić information content (AvgIpc) is 1.81. The molecule has 0 aromatic carbocycles. The standard InChI is InChI=1S/3C2H5.Al.HI.Zr/c3*1-2;;;/h3*1H2,2H3;;1H;/q3*-1;;;+4/p-1. The second-order valence-corrected chi connectivity index (χ2v) is 0. The Morgan fingerprint density at radius 2 is 0.667 bits per heavy atom. The van der Waals surface area contributed by atoms with E-state index in [-0.39, 0.29) is 67.5 Å². The maximum Gasteiger partial charge on any atom is 4.00 e. The fourth-order valence-electron chi connectivity index (χ4n) is 0. The Bertz CT molecular complexity index is 13.0. The molecule has 0 heterocycles. The van der Waals surface area contributed by atoms with Crippen LogP contribution >= 0.6 is 0 Å². The zero-order chi connectivity index (χ0) is 6.00. The molecule has 0 aliphatic carbocycles. The summed E-state index contributed by atoms with van der Waals surface area (Å²) < 4.78 is 0. The first-order valence-electron chi connectivity index (χ1n) is 2.12. The van der Waals surface area contributed by atoms with Gasteiger partial charge in [-0.25, -0.2) is 0 Å². The Morgan fingerprint density at radius 3 is 0.667 bits per heavy atom. The van der Waals surface area contributed by atoms with E-state index >= 15 is 0 Å². The molecule has 0 amide bonds. The van der Waals surface area contributed by atoms with Gasteiger partial charge in [-0.3, -0.25) is 0 Å². The van der Waals surface area contributed by atoms with Gasteiger partial charge in [0.15, 0.2) is 0 Å². The van der Waals surface area contributed by atoms with Gasteiger partial charge in [0.1, 0.15) is 0 Å². The van der Waals surface area contributed by atoms with Gasteiger partial charge in [0, 0.05) is 17.4 Å². The van der Waals surface area contributed by atoms with Crippen molar-refractivity contribution in [2.45, 2.75) is 20.8 Å². The molecule has 0 aromatic heterocycles. The average molecular weight is 332 g/mol. The Balaban J connectivity index is -0.00000000321. The van der Waals surface area contributed by atoms with Crippen LogP contribution in [0.25, 0.3) is 0 Å². The third-order valence-corrected chi connectivity index (χ3v) is 0. The summed E-state index contributed by atoms with van der Waals surface area (Å²) in [4.78, 5) is 0. The van der Waals surface area contributed by atoms with Gasteiger partial charge < -0.3 is 44.7 Å². The van der Waals surface area contributed by atoms with E-state index in [1.54, 1.807) is 20.8 Å². The number of hydrogen-bond donors (Lipinski definition) is 0. The normalized spacial score (nSPS) is 2.00. The van der Waals surface area contributed by atoms with Crippen LogP contribution in [0.5, 0.6) is 0 Å². The van der Waals surface area contributed by atoms with Gasteiger partial charge in [-0.15, -0.1) is 0 Å². The maximum atomic E-state index is 3.25. The minimum absolute atomic E-state index is 0. The van der Waals surface area contributed by atoms with E-state index in [0.29, 0.717) is 0 Å². The summed E-state index contributed by atoms with van der Waals surface area (Å²) in [5, 5.41) is 0. The van der Waals surface area contributed by atoms with Crippen LogP contribution in [0.2, 0.25) is 0 Å². The molecule has 0 atom stereocenters. The quantitative estimate of drug-likeness (QED) is 0.308. The summed E-state index contributed by atoms with van der Waals surface area (Å²) in [6.07, 6.45) is 0. The van der Waals surface area contributed by atoms with Gasteiger partial charge in [0.05, 0.1) is 0 Å². The molecule has 9 heavy (non-hydrogen) atoms. The molecular formula is C6H15AlIZr. The fourth-order valence-corrected chi connectivity index (χ4v) is 0. The molecule has 0 bridgehead atoms. The first-order chi connectivity index (χ1) is 3.00. The molecule has 0 fully saturated rings. The summed E-state index contributed by atoms with van der Waals surface area (Å²) in [7, 11) is 0. The first kappa shape index (κ1) is 43.3. The Morgan fingerprint density at radius 1 is 0.667 bits per heavy atom. The number of halogens is 1. The van der Waals surface area contributed by atoms with Gasteiger partial charge >= 0.3 is 26.2 Å². The molecular weight excluding hydrogens is 317 g/mol. The van der Waals surface area contributed by atoms with E-state index < -0.39 is 0 Å². The van der Waals surface area contributed by atoms with Gasteiger partial charge in [0.2, 0.25) is 0 Å². The molecule has 0 aromatic rings. The second kappa shape index (κ2) is 184. The first-order valence-corrected chi connectivity index (χ1v) is 2.12. The number of rotatable bonds is 0. The van der Waals surface area contributed by atoms with E-state index in [9.17, 15) is 0 Å². The molecule has 0 rings (SSSR count). The third-order valence-electron chi connectivity index (χ3n) is 0.